The molecular formula is C28H22F4O6S. The van der Waals surface area contributed by atoms with Gasteiger partial charge in [0.05, 0.1) is 0 Å². The van der Waals surface area contributed by atoms with Crippen LogP contribution in [0.4, 0.5) is 17.6 Å². The van der Waals surface area contributed by atoms with E-state index < -0.39 is 32.6 Å². The fourth-order valence-corrected chi connectivity index (χ4v) is 4.50. The van der Waals surface area contributed by atoms with E-state index in [0.29, 0.717) is 11.1 Å². The Morgan fingerprint density at radius 2 is 0.949 bits per heavy atom. The number of hydrogen-bond acceptors (Lipinski definition) is 5. The standard InChI is InChI=1S/C28H22F4O6S/c1-26(21-8-12-23(33)13-9-21,22-10-14-24(34)15-11-22)20-6-2-18(3-7-20)19-4-16-25(17-5-19)38-27(29,30)28(31,32)39(35,36)37/h2-17,33-34H,1H3,(H,35,36,37). The summed E-state index contributed by atoms with van der Waals surface area (Å²) in [5, 5.41) is 13.7. The van der Waals surface area contributed by atoms with Gasteiger partial charge in [-0.25, -0.2) is 0 Å². The van der Waals surface area contributed by atoms with E-state index in [1.54, 1.807) is 60.7 Å². The molecule has 4 rings (SSSR count). The van der Waals surface area contributed by atoms with Gasteiger partial charge in [-0.3, -0.25) is 4.55 Å². The monoisotopic (exact) mass is 562 g/mol. The van der Waals surface area contributed by atoms with Gasteiger partial charge < -0.3 is 14.9 Å². The van der Waals surface area contributed by atoms with Crippen molar-refractivity contribution in [2.45, 2.75) is 23.7 Å². The zero-order chi connectivity index (χ0) is 28.6. The molecule has 0 saturated heterocycles. The van der Waals surface area contributed by atoms with Gasteiger partial charge in [0, 0.05) is 5.41 Å². The molecule has 11 heteroatoms. The molecule has 0 saturated carbocycles. The highest BCUT2D eigenvalue weighted by Crippen LogP contribution is 2.42. The number of benzene rings is 4. The Morgan fingerprint density at radius 3 is 1.31 bits per heavy atom. The van der Waals surface area contributed by atoms with Crippen molar-refractivity contribution in [1.82, 2.24) is 0 Å². The molecule has 0 atom stereocenters. The molecule has 39 heavy (non-hydrogen) atoms. The number of ether oxygens (including phenoxy) is 1. The molecule has 4 aromatic rings. The summed E-state index contributed by atoms with van der Waals surface area (Å²) in [7, 11) is -6.43. The van der Waals surface area contributed by atoms with Crippen molar-refractivity contribution >= 4 is 10.1 Å². The van der Waals surface area contributed by atoms with E-state index in [-0.39, 0.29) is 11.5 Å². The Labute approximate surface area is 221 Å². The van der Waals surface area contributed by atoms with Crippen LogP contribution in [0.15, 0.2) is 97.1 Å². The van der Waals surface area contributed by atoms with Gasteiger partial charge >= 0.3 is 21.5 Å². The van der Waals surface area contributed by atoms with E-state index in [4.69, 9.17) is 4.55 Å². The van der Waals surface area contributed by atoms with Crippen molar-refractivity contribution in [3.63, 3.8) is 0 Å². The first-order chi connectivity index (χ1) is 18.1. The van der Waals surface area contributed by atoms with Crippen LogP contribution in [0.5, 0.6) is 17.2 Å². The number of hydrogen-bond donors (Lipinski definition) is 3. The van der Waals surface area contributed by atoms with Gasteiger partial charge in [-0.05, 0) is 71.1 Å². The number of rotatable bonds is 8. The Hall–Kier alpha value is -4.09. The predicted octanol–water partition coefficient (Wildman–Crippen LogP) is 6.57. The summed E-state index contributed by atoms with van der Waals surface area (Å²) < 4.78 is 88.0. The third-order valence-corrected chi connectivity index (χ3v) is 7.33. The smallest absolute Gasteiger partial charge is 0.483 e. The molecule has 0 amide bonds. The van der Waals surface area contributed by atoms with Gasteiger partial charge in [-0.1, -0.05) is 60.7 Å². The quantitative estimate of drug-likeness (QED) is 0.128. The van der Waals surface area contributed by atoms with Crippen molar-refractivity contribution in [2.24, 2.45) is 0 Å². The van der Waals surface area contributed by atoms with Gasteiger partial charge in [0.15, 0.2) is 0 Å². The minimum absolute atomic E-state index is 0.106. The van der Waals surface area contributed by atoms with Crippen LogP contribution in [-0.2, 0) is 15.5 Å². The second-order valence-electron chi connectivity index (χ2n) is 8.93. The molecule has 3 N–H and O–H groups in total. The van der Waals surface area contributed by atoms with E-state index in [1.807, 2.05) is 19.1 Å². The van der Waals surface area contributed by atoms with Crippen LogP contribution in [0.3, 0.4) is 0 Å². The van der Waals surface area contributed by atoms with Gasteiger partial charge in [-0.15, -0.1) is 0 Å². The topological polar surface area (TPSA) is 104 Å². The molecule has 0 radical (unpaired) electrons. The maximum Gasteiger partial charge on any atom is 0.483 e. The minimum atomic E-state index is -6.43. The lowest BCUT2D eigenvalue weighted by Crippen LogP contribution is -2.50. The van der Waals surface area contributed by atoms with Crippen molar-refractivity contribution in [1.29, 1.82) is 0 Å². The zero-order valence-corrected chi connectivity index (χ0v) is 21.0. The molecule has 6 nitrogen and oxygen atoms in total. The fraction of sp³-hybridized carbons (Fsp3) is 0.143. The van der Waals surface area contributed by atoms with Crippen LogP contribution in [0, 0.1) is 0 Å². The van der Waals surface area contributed by atoms with Gasteiger partial charge in [0.1, 0.15) is 17.2 Å². The number of aromatic hydroxyl groups is 2. The van der Waals surface area contributed by atoms with E-state index >= 15 is 0 Å². The van der Waals surface area contributed by atoms with Crippen LogP contribution in [0.25, 0.3) is 11.1 Å². The highest BCUT2D eigenvalue weighted by atomic mass is 32.2. The summed E-state index contributed by atoms with van der Waals surface area (Å²) in [6, 6.07) is 25.3. The lowest BCUT2D eigenvalue weighted by Gasteiger charge is -2.32. The summed E-state index contributed by atoms with van der Waals surface area (Å²) in [5.41, 5.74) is 3.07. The van der Waals surface area contributed by atoms with Crippen molar-refractivity contribution in [3.05, 3.63) is 114 Å². The maximum atomic E-state index is 13.7. The van der Waals surface area contributed by atoms with Crippen LogP contribution < -0.4 is 4.74 Å². The lowest BCUT2D eigenvalue weighted by molar-refractivity contribution is -0.274. The fourth-order valence-electron chi connectivity index (χ4n) is 4.16. The second kappa shape index (κ2) is 9.90. The average molecular weight is 563 g/mol. The van der Waals surface area contributed by atoms with E-state index in [9.17, 15) is 36.2 Å². The Morgan fingerprint density at radius 1 is 0.615 bits per heavy atom. The van der Waals surface area contributed by atoms with Gasteiger partial charge in [0.25, 0.3) is 0 Å². The number of alkyl halides is 4. The summed E-state index contributed by atoms with van der Waals surface area (Å²) in [6.07, 6.45) is -5.52. The predicted molar refractivity (Wildman–Crippen MR) is 136 cm³/mol. The molecule has 204 valence electrons. The zero-order valence-electron chi connectivity index (χ0n) is 20.2. The highest BCUT2D eigenvalue weighted by Gasteiger charge is 2.69. The second-order valence-corrected chi connectivity index (χ2v) is 10.4. The number of phenolic OH excluding ortho intramolecular Hbond substituents is 2. The highest BCUT2D eigenvalue weighted by molar-refractivity contribution is 7.86. The third-order valence-electron chi connectivity index (χ3n) is 6.45. The molecule has 0 heterocycles. The normalized spacial score (nSPS) is 12.8. The number of phenols is 2. The van der Waals surface area contributed by atoms with Crippen LogP contribution in [0.2, 0.25) is 0 Å². The van der Waals surface area contributed by atoms with E-state index in [1.165, 1.54) is 12.1 Å². The summed E-state index contributed by atoms with van der Waals surface area (Å²) >= 11 is 0. The Kier molecular flexibility index (Phi) is 7.09. The molecule has 0 bridgehead atoms. The molecule has 4 aromatic carbocycles. The molecule has 0 unspecified atom stereocenters. The van der Waals surface area contributed by atoms with Crippen molar-refractivity contribution in [3.8, 4) is 28.4 Å². The van der Waals surface area contributed by atoms with Crippen molar-refractivity contribution < 1.29 is 45.5 Å². The first-order valence-electron chi connectivity index (χ1n) is 11.4. The Balaban J connectivity index is 1.64. The molecule has 0 aliphatic heterocycles. The first-order valence-corrected chi connectivity index (χ1v) is 12.8. The van der Waals surface area contributed by atoms with E-state index in [2.05, 4.69) is 4.74 Å². The summed E-state index contributed by atoms with van der Waals surface area (Å²) in [6.45, 7) is 1.98. The lowest BCUT2D eigenvalue weighted by atomic mass is 9.71. The Bertz CT molecular complexity index is 1510. The molecule has 0 aromatic heterocycles. The van der Waals surface area contributed by atoms with Crippen LogP contribution in [0.1, 0.15) is 23.6 Å². The van der Waals surface area contributed by atoms with E-state index in [0.717, 1.165) is 28.8 Å². The largest absolute Gasteiger partial charge is 0.508 e. The summed E-state index contributed by atoms with van der Waals surface area (Å²) in [4.78, 5) is 0. The SMILES string of the molecule is CC(c1ccc(O)cc1)(c1ccc(O)cc1)c1ccc(-c2ccc(OC(F)(F)C(F)(F)S(=O)(=O)O)cc2)cc1. The van der Waals surface area contributed by atoms with Crippen LogP contribution in [-0.4, -0.2) is 34.5 Å². The first kappa shape index (κ1) is 27.9. The molecule has 0 fully saturated rings. The van der Waals surface area contributed by atoms with Crippen LogP contribution >= 0.6 is 0 Å². The average Bonchev–Trinajstić information content (AvgIpc) is 2.89. The summed E-state index contributed by atoms with van der Waals surface area (Å²) in [5.74, 6) is -0.529. The van der Waals surface area contributed by atoms with Crippen molar-refractivity contribution in [2.75, 3.05) is 0 Å². The maximum absolute atomic E-state index is 13.7. The third kappa shape index (κ3) is 5.27. The molecular weight excluding hydrogens is 540 g/mol. The van der Waals surface area contributed by atoms with Gasteiger partial charge in [0.2, 0.25) is 0 Å². The molecule has 0 aliphatic carbocycles. The minimum Gasteiger partial charge on any atom is -0.508 e. The van der Waals surface area contributed by atoms with Gasteiger partial charge in [-0.2, -0.15) is 26.0 Å². The molecule has 0 spiro atoms. The molecule has 0 aliphatic rings. The number of halogens is 4.